The number of aliphatic hydroxyl groups excluding tert-OH is 1. The van der Waals surface area contributed by atoms with Gasteiger partial charge in [0.2, 0.25) is 0 Å². The zero-order chi connectivity index (χ0) is 21.4. The van der Waals surface area contributed by atoms with Crippen LogP contribution < -0.4 is 4.74 Å². The van der Waals surface area contributed by atoms with Crippen molar-refractivity contribution in [2.24, 2.45) is 0 Å². The second kappa shape index (κ2) is 7.89. The molecule has 0 amide bonds. The van der Waals surface area contributed by atoms with E-state index in [9.17, 15) is 30.6 Å². The van der Waals surface area contributed by atoms with E-state index in [4.69, 9.17) is 4.74 Å². The highest BCUT2D eigenvalue weighted by molar-refractivity contribution is 7.98. The van der Waals surface area contributed by atoms with Crippen LogP contribution in [-0.4, -0.2) is 36.7 Å². The number of phenols is 5. The number of phenolic OH excluding ortho intramolecular Hbond substituents is 5. The molecular formula is C22H20O7S. The first kappa shape index (κ1) is 20.1. The van der Waals surface area contributed by atoms with Crippen molar-refractivity contribution in [1.82, 2.24) is 0 Å². The number of hydrogen-bond acceptors (Lipinski definition) is 8. The van der Waals surface area contributed by atoms with Gasteiger partial charge in [-0.2, -0.15) is 0 Å². The molecule has 3 aromatic carbocycles. The van der Waals surface area contributed by atoms with Gasteiger partial charge in [-0.15, -0.1) is 11.8 Å². The molecule has 0 fully saturated rings. The van der Waals surface area contributed by atoms with Gasteiger partial charge in [-0.05, 0) is 17.7 Å². The first-order valence-electron chi connectivity index (χ1n) is 9.16. The summed E-state index contributed by atoms with van der Waals surface area (Å²) < 4.78 is 5.84. The monoisotopic (exact) mass is 428 g/mol. The van der Waals surface area contributed by atoms with E-state index in [0.717, 1.165) is 5.56 Å². The smallest absolute Gasteiger partial charge is 0.200 e. The molecule has 1 heterocycles. The van der Waals surface area contributed by atoms with Gasteiger partial charge in [0.1, 0.15) is 23.4 Å². The van der Waals surface area contributed by atoms with E-state index in [2.05, 4.69) is 0 Å². The Morgan fingerprint density at radius 2 is 1.50 bits per heavy atom. The predicted molar refractivity (Wildman–Crippen MR) is 111 cm³/mol. The maximum atomic E-state index is 11.1. The van der Waals surface area contributed by atoms with Crippen molar-refractivity contribution < 1.29 is 35.4 Å². The molecule has 2 unspecified atom stereocenters. The molecular weight excluding hydrogens is 408 g/mol. The van der Waals surface area contributed by atoms with Crippen molar-refractivity contribution >= 4 is 11.8 Å². The van der Waals surface area contributed by atoms with Gasteiger partial charge in [0.25, 0.3) is 0 Å². The second-order valence-corrected chi connectivity index (χ2v) is 8.16. The Kier molecular flexibility index (Phi) is 5.27. The lowest BCUT2D eigenvalue weighted by Gasteiger charge is -2.37. The summed E-state index contributed by atoms with van der Waals surface area (Å²) in [4.78, 5) is 0. The predicted octanol–water partition coefficient (Wildman–Crippen LogP) is 3.68. The summed E-state index contributed by atoms with van der Waals surface area (Å²) in [5.41, 5.74) is 1.61. The van der Waals surface area contributed by atoms with Gasteiger partial charge in [0, 0.05) is 23.4 Å². The fraction of sp³-hybridized carbons (Fsp3) is 0.182. The standard InChI is InChI=1S/C22H20O7S/c23-13-8-14(24)18-17(9-13)29-21(12-6-15(25)19(27)16(26)7-12)20(28)22(18)30-10-11-4-2-1-3-5-11/h1-9,20-28H,10H2/t20?,21-,22?/m1/s1. The molecule has 156 valence electrons. The highest BCUT2D eigenvalue weighted by Gasteiger charge is 2.41. The molecule has 30 heavy (non-hydrogen) atoms. The van der Waals surface area contributed by atoms with Crippen molar-refractivity contribution in [1.29, 1.82) is 0 Å². The van der Waals surface area contributed by atoms with Crippen molar-refractivity contribution in [2.45, 2.75) is 23.2 Å². The molecule has 3 atom stereocenters. The summed E-state index contributed by atoms with van der Waals surface area (Å²) in [5.74, 6) is -1.47. The van der Waals surface area contributed by atoms with Crippen molar-refractivity contribution in [2.75, 3.05) is 0 Å². The van der Waals surface area contributed by atoms with Gasteiger partial charge >= 0.3 is 0 Å². The van der Waals surface area contributed by atoms with E-state index in [1.807, 2.05) is 30.3 Å². The first-order chi connectivity index (χ1) is 14.3. The van der Waals surface area contributed by atoms with Crippen LogP contribution in [0.15, 0.2) is 54.6 Å². The summed E-state index contributed by atoms with van der Waals surface area (Å²) in [6.45, 7) is 0. The van der Waals surface area contributed by atoms with E-state index in [-0.39, 0.29) is 22.8 Å². The first-order valence-corrected chi connectivity index (χ1v) is 10.2. The van der Waals surface area contributed by atoms with Crippen LogP contribution in [-0.2, 0) is 5.75 Å². The average Bonchev–Trinajstić information content (AvgIpc) is 2.71. The third-order valence-electron chi connectivity index (χ3n) is 4.96. The Balaban J connectivity index is 1.74. The quantitative estimate of drug-likeness (QED) is 0.347. The van der Waals surface area contributed by atoms with Crippen LogP contribution in [0.1, 0.15) is 28.0 Å². The Labute approximate surface area is 176 Å². The van der Waals surface area contributed by atoms with Crippen LogP contribution in [0.3, 0.4) is 0 Å². The summed E-state index contributed by atoms with van der Waals surface area (Å²) in [5, 5.41) is 60.1. The van der Waals surface area contributed by atoms with E-state index in [0.29, 0.717) is 11.3 Å². The molecule has 4 rings (SSSR count). The van der Waals surface area contributed by atoms with Crippen LogP contribution in [0, 0.1) is 0 Å². The van der Waals surface area contributed by atoms with E-state index in [1.54, 1.807) is 0 Å². The Hall–Kier alpha value is -3.23. The molecule has 0 bridgehead atoms. The number of rotatable bonds is 4. The molecule has 0 saturated heterocycles. The Bertz CT molecular complexity index is 1050. The number of thioether (sulfide) groups is 1. The molecule has 8 heteroatoms. The summed E-state index contributed by atoms with van der Waals surface area (Å²) in [6, 6.07) is 14.5. The Morgan fingerprint density at radius 1 is 0.833 bits per heavy atom. The summed E-state index contributed by atoms with van der Waals surface area (Å²) in [7, 11) is 0. The molecule has 0 aliphatic carbocycles. The van der Waals surface area contributed by atoms with Gasteiger partial charge < -0.3 is 35.4 Å². The fourth-order valence-electron chi connectivity index (χ4n) is 3.51. The molecule has 1 aliphatic heterocycles. The minimum Gasteiger partial charge on any atom is -0.508 e. The highest BCUT2D eigenvalue weighted by atomic mass is 32.2. The lowest BCUT2D eigenvalue weighted by Crippen LogP contribution is -2.33. The zero-order valence-electron chi connectivity index (χ0n) is 15.6. The molecule has 0 spiro atoms. The number of ether oxygens (including phenoxy) is 1. The minimum absolute atomic E-state index is 0.181. The van der Waals surface area contributed by atoms with Crippen LogP contribution in [0.5, 0.6) is 34.5 Å². The number of benzene rings is 3. The van der Waals surface area contributed by atoms with Crippen LogP contribution >= 0.6 is 11.8 Å². The lowest BCUT2D eigenvalue weighted by molar-refractivity contribution is 0.0173. The molecule has 0 aromatic heterocycles. The van der Waals surface area contributed by atoms with Crippen molar-refractivity contribution in [3.05, 3.63) is 71.3 Å². The third-order valence-corrected chi connectivity index (χ3v) is 6.33. The van der Waals surface area contributed by atoms with E-state index < -0.39 is 34.7 Å². The average molecular weight is 428 g/mol. The number of aromatic hydroxyl groups is 5. The number of fused-ring (bicyclic) bond motifs is 1. The van der Waals surface area contributed by atoms with E-state index in [1.165, 1.54) is 36.0 Å². The largest absolute Gasteiger partial charge is 0.508 e. The third kappa shape index (κ3) is 3.67. The normalized spacial score (nSPS) is 20.4. The fourth-order valence-corrected chi connectivity index (χ4v) is 4.82. The van der Waals surface area contributed by atoms with Gasteiger partial charge in [0.05, 0.1) is 10.8 Å². The van der Waals surface area contributed by atoms with Crippen LogP contribution in [0.4, 0.5) is 0 Å². The molecule has 0 radical (unpaired) electrons. The summed E-state index contributed by atoms with van der Waals surface area (Å²) in [6.07, 6.45) is -2.19. The Morgan fingerprint density at radius 3 is 2.17 bits per heavy atom. The number of hydrogen-bond donors (Lipinski definition) is 6. The molecule has 3 aromatic rings. The van der Waals surface area contributed by atoms with E-state index >= 15 is 0 Å². The zero-order valence-corrected chi connectivity index (χ0v) is 16.5. The maximum absolute atomic E-state index is 11.1. The minimum atomic E-state index is -1.16. The van der Waals surface area contributed by atoms with Crippen LogP contribution in [0.25, 0.3) is 0 Å². The molecule has 0 saturated carbocycles. The van der Waals surface area contributed by atoms with Crippen molar-refractivity contribution in [3.8, 4) is 34.5 Å². The second-order valence-electron chi connectivity index (χ2n) is 7.03. The molecule has 7 nitrogen and oxygen atoms in total. The van der Waals surface area contributed by atoms with Crippen molar-refractivity contribution in [3.63, 3.8) is 0 Å². The van der Waals surface area contributed by atoms with Gasteiger partial charge in [0.15, 0.2) is 23.4 Å². The van der Waals surface area contributed by atoms with Gasteiger partial charge in [-0.3, -0.25) is 0 Å². The number of aliphatic hydroxyl groups is 1. The van der Waals surface area contributed by atoms with Gasteiger partial charge in [-0.1, -0.05) is 30.3 Å². The topological polar surface area (TPSA) is 131 Å². The maximum Gasteiger partial charge on any atom is 0.200 e. The molecule has 1 aliphatic rings. The van der Waals surface area contributed by atoms with Gasteiger partial charge in [-0.25, -0.2) is 0 Å². The lowest BCUT2D eigenvalue weighted by atomic mass is 9.93. The summed E-state index contributed by atoms with van der Waals surface area (Å²) >= 11 is 1.39. The van der Waals surface area contributed by atoms with Crippen LogP contribution in [0.2, 0.25) is 0 Å². The SMILES string of the molecule is Oc1cc(O)c2c(c1)O[C@H](c1cc(O)c(O)c(O)c1)C(O)C2SCc1ccccc1. The highest BCUT2D eigenvalue weighted by Crippen LogP contribution is 2.53. The molecule has 6 N–H and O–H groups in total.